The molecule has 1 saturated heterocycles. The fourth-order valence-electron chi connectivity index (χ4n) is 5.84. The average molecular weight is 590 g/mol. The van der Waals surface area contributed by atoms with Crippen molar-refractivity contribution in [3.8, 4) is 17.2 Å². The Kier molecular flexibility index (Phi) is 9.36. The molecule has 44 heavy (non-hydrogen) atoms. The third-order valence-electron chi connectivity index (χ3n) is 8.28. The number of pyridine rings is 1. The van der Waals surface area contributed by atoms with Gasteiger partial charge >= 0.3 is 0 Å². The Morgan fingerprint density at radius 1 is 1.05 bits per heavy atom. The molecule has 0 radical (unpaired) electrons. The van der Waals surface area contributed by atoms with Crippen LogP contribution >= 0.6 is 0 Å². The molecular formula is C34H39N9O. The van der Waals surface area contributed by atoms with Crippen LogP contribution < -0.4 is 0 Å². The van der Waals surface area contributed by atoms with Crippen LogP contribution in [0.15, 0.2) is 84.2 Å². The molecule has 0 bridgehead atoms. The summed E-state index contributed by atoms with van der Waals surface area (Å²) in [4.78, 5) is 24.5. The van der Waals surface area contributed by atoms with Crippen LogP contribution in [0.5, 0.6) is 0 Å². The van der Waals surface area contributed by atoms with Gasteiger partial charge in [0.15, 0.2) is 0 Å². The number of allylic oxidation sites excluding steroid dienone is 3. The van der Waals surface area contributed by atoms with E-state index in [-0.39, 0.29) is 11.9 Å². The van der Waals surface area contributed by atoms with Gasteiger partial charge in [-0.2, -0.15) is 15.5 Å². The van der Waals surface area contributed by atoms with Gasteiger partial charge in [-0.25, -0.2) is 9.51 Å². The molecule has 10 nitrogen and oxygen atoms in total. The van der Waals surface area contributed by atoms with Crippen LogP contribution in [0.3, 0.4) is 0 Å². The SMILES string of the molecule is C=N/C(=C\C=C(/C)c1cc(-c2cnn(C)c2)cn2ncc(C#N)c12)N1CCN(C(=O)C(c2ccccc2)N(CC)CC)CC1. The standard InChI is InChI=1S/C34H39N9O/c1-6-40(7-2)33(26-11-9-8-10-12-26)34(44)42-17-15-41(16-18-42)31(36-4)14-13-25(3)30-19-27(29-22-37-39(5)23-29)24-43-32(30)28(20-35)21-38-43/h8-14,19,21-24,33H,4,6-7,15-18H2,1-3,5H3/b25-13+,31-14+. The Morgan fingerprint density at radius 3 is 2.36 bits per heavy atom. The fourth-order valence-corrected chi connectivity index (χ4v) is 5.84. The minimum atomic E-state index is -0.294. The van der Waals surface area contributed by atoms with E-state index in [9.17, 15) is 10.1 Å². The third-order valence-corrected chi connectivity index (χ3v) is 8.28. The summed E-state index contributed by atoms with van der Waals surface area (Å²) < 4.78 is 3.51. The monoisotopic (exact) mass is 589 g/mol. The van der Waals surface area contributed by atoms with Gasteiger partial charge in [-0.05, 0) is 50.0 Å². The van der Waals surface area contributed by atoms with Crippen LogP contribution in [0.4, 0.5) is 0 Å². The fraction of sp³-hybridized carbons (Fsp3) is 0.324. The quantitative estimate of drug-likeness (QED) is 0.195. The Labute approximate surface area is 258 Å². The topological polar surface area (TPSA) is 98.1 Å². The molecule has 1 aliphatic rings. The lowest BCUT2D eigenvalue weighted by atomic mass is 10.0. The summed E-state index contributed by atoms with van der Waals surface area (Å²) in [5, 5.41) is 18.5. The Hall–Kier alpha value is -5.01. The number of fused-ring (bicyclic) bond motifs is 1. The van der Waals surface area contributed by atoms with Gasteiger partial charge in [0, 0.05) is 62.3 Å². The molecule has 10 heteroatoms. The number of amides is 1. The third kappa shape index (κ3) is 6.19. The molecule has 1 fully saturated rings. The molecular weight excluding hydrogens is 550 g/mol. The van der Waals surface area contributed by atoms with Gasteiger partial charge in [-0.15, -0.1) is 0 Å². The molecule has 1 amide bonds. The molecule has 1 aromatic carbocycles. The molecule has 1 atom stereocenters. The summed E-state index contributed by atoms with van der Waals surface area (Å²) in [5.41, 5.74) is 6.06. The van der Waals surface area contributed by atoms with E-state index in [4.69, 9.17) is 0 Å². The molecule has 1 unspecified atom stereocenters. The number of benzene rings is 1. The van der Waals surface area contributed by atoms with Gasteiger partial charge in [-0.3, -0.25) is 14.4 Å². The van der Waals surface area contributed by atoms with E-state index in [1.807, 2.05) is 79.9 Å². The Balaban J connectivity index is 1.36. The highest BCUT2D eigenvalue weighted by atomic mass is 16.2. The summed E-state index contributed by atoms with van der Waals surface area (Å²) >= 11 is 0. The van der Waals surface area contributed by atoms with E-state index in [1.165, 1.54) is 0 Å². The maximum atomic E-state index is 13.8. The lowest BCUT2D eigenvalue weighted by Gasteiger charge is -2.39. The Bertz CT molecular complexity index is 1730. The number of nitrogens with zero attached hydrogens (tertiary/aromatic N) is 9. The van der Waals surface area contributed by atoms with Crippen molar-refractivity contribution in [3.05, 3.63) is 95.8 Å². The zero-order valence-electron chi connectivity index (χ0n) is 25.9. The highest BCUT2D eigenvalue weighted by Gasteiger charge is 2.32. The molecule has 0 spiro atoms. The number of nitriles is 1. The maximum absolute atomic E-state index is 13.8. The van der Waals surface area contributed by atoms with Crippen LogP contribution in [-0.4, -0.2) is 86.0 Å². The zero-order valence-corrected chi connectivity index (χ0v) is 25.9. The van der Waals surface area contributed by atoms with Gasteiger partial charge < -0.3 is 9.80 Å². The Morgan fingerprint density at radius 2 is 1.75 bits per heavy atom. The van der Waals surface area contributed by atoms with Crippen LogP contribution in [0, 0.1) is 11.3 Å². The second-order valence-electron chi connectivity index (χ2n) is 10.9. The molecule has 5 rings (SSSR count). The van der Waals surface area contributed by atoms with Gasteiger partial charge in [0.05, 0.1) is 23.5 Å². The van der Waals surface area contributed by atoms with Crippen molar-refractivity contribution < 1.29 is 4.79 Å². The number of aromatic nitrogens is 4. The number of hydrogen-bond donors (Lipinski definition) is 0. The number of aryl methyl sites for hydroxylation is 1. The van der Waals surface area contributed by atoms with Crippen molar-refractivity contribution >= 4 is 23.7 Å². The first-order chi connectivity index (χ1) is 21.4. The first-order valence-corrected chi connectivity index (χ1v) is 15.0. The van der Waals surface area contributed by atoms with Crippen molar-refractivity contribution in [2.45, 2.75) is 26.8 Å². The average Bonchev–Trinajstić information content (AvgIpc) is 3.69. The highest BCUT2D eigenvalue weighted by Crippen LogP contribution is 2.30. The molecule has 4 heterocycles. The summed E-state index contributed by atoms with van der Waals surface area (Å²) in [6, 6.07) is 14.1. The number of aliphatic imine (C=N–C) groups is 1. The van der Waals surface area contributed by atoms with E-state index in [1.54, 1.807) is 15.4 Å². The normalized spacial score (nSPS) is 15.1. The summed E-state index contributed by atoms with van der Waals surface area (Å²) in [5.74, 6) is 0.882. The number of carbonyl (C=O) groups is 1. The number of likely N-dealkylation sites (N-methyl/N-ethyl adjacent to an activating group) is 1. The molecule has 0 N–H and O–H groups in total. The predicted molar refractivity (Wildman–Crippen MR) is 174 cm³/mol. The molecule has 3 aromatic heterocycles. The highest BCUT2D eigenvalue weighted by molar-refractivity contribution is 5.85. The minimum Gasteiger partial charge on any atom is -0.353 e. The first kappa shape index (κ1) is 30.4. The van der Waals surface area contributed by atoms with Gasteiger partial charge in [0.25, 0.3) is 0 Å². The zero-order chi connectivity index (χ0) is 31.2. The van der Waals surface area contributed by atoms with E-state index in [2.05, 4.69) is 57.7 Å². The largest absolute Gasteiger partial charge is 0.353 e. The van der Waals surface area contributed by atoms with E-state index in [0.29, 0.717) is 31.7 Å². The second kappa shape index (κ2) is 13.5. The van der Waals surface area contributed by atoms with Crippen LogP contribution in [0.2, 0.25) is 0 Å². The molecule has 0 aliphatic carbocycles. The number of hydrogen-bond acceptors (Lipinski definition) is 7. The maximum Gasteiger partial charge on any atom is 0.244 e. The number of carbonyl (C=O) groups excluding carboxylic acids is 1. The van der Waals surface area contributed by atoms with Crippen LogP contribution in [-0.2, 0) is 11.8 Å². The molecule has 226 valence electrons. The van der Waals surface area contributed by atoms with E-state index >= 15 is 0 Å². The van der Waals surface area contributed by atoms with Crippen molar-refractivity contribution in [3.63, 3.8) is 0 Å². The minimum absolute atomic E-state index is 0.138. The van der Waals surface area contributed by atoms with Crippen LogP contribution in [0.1, 0.15) is 43.5 Å². The lowest BCUT2D eigenvalue weighted by Crippen LogP contribution is -2.51. The predicted octanol–water partition coefficient (Wildman–Crippen LogP) is 4.78. The van der Waals surface area contributed by atoms with E-state index in [0.717, 1.165) is 52.3 Å². The first-order valence-electron chi connectivity index (χ1n) is 15.0. The van der Waals surface area contributed by atoms with Crippen LogP contribution in [0.25, 0.3) is 22.2 Å². The van der Waals surface area contributed by atoms with Crippen molar-refractivity contribution in [2.75, 3.05) is 39.3 Å². The number of rotatable bonds is 10. The second-order valence-corrected chi connectivity index (χ2v) is 10.9. The van der Waals surface area contributed by atoms with Gasteiger partial charge in [0.1, 0.15) is 17.9 Å². The summed E-state index contributed by atoms with van der Waals surface area (Å²) in [7, 11) is 1.88. The molecule has 4 aromatic rings. The number of piperazine rings is 1. The van der Waals surface area contributed by atoms with Crippen molar-refractivity contribution in [1.29, 1.82) is 5.26 Å². The summed E-state index contributed by atoms with van der Waals surface area (Å²) in [6.45, 7) is 14.2. The molecule has 0 saturated carbocycles. The summed E-state index contributed by atoms with van der Waals surface area (Å²) in [6.07, 6.45) is 11.2. The van der Waals surface area contributed by atoms with Crippen molar-refractivity contribution in [2.24, 2.45) is 12.0 Å². The smallest absolute Gasteiger partial charge is 0.244 e. The van der Waals surface area contributed by atoms with Gasteiger partial charge in [-0.1, -0.05) is 50.3 Å². The molecule has 1 aliphatic heterocycles. The van der Waals surface area contributed by atoms with Gasteiger partial charge in [0.2, 0.25) is 5.91 Å². The van der Waals surface area contributed by atoms with E-state index < -0.39 is 0 Å². The lowest BCUT2D eigenvalue weighted by molar-refractivity contribution is -0.138. The van der Waals surface area contributed by atoms with Crippen molar-refractivity contribution in [1.82, 2.24) is 34.1 Å².